The number of para-hydroxylation sites is 1. The number of nitrogens with zero attached hydrogens (tertiary/aromatic N) is 1. The van der Waals surface area contributed by atoms with Gasteiger partial charge in [0.05, 0.1) is 11.4 Å². The second-order valence-corrected chi connectivity index (χ2v) is 7.57. The van der Waals surface area contributed by atoms with E-state index in [0.717, 1.165) is 24.1 Å². The Morgan fingerprint density at radius 1 is 1.36 bits per heavy atom. The highest BCUT2D eigenvalue weighted by molar-refractivity contribution is 7.92. The summed E-state index contributed by atoms with van der Waals surface area (Å²) in [4.78, 5) is 11.8. The number of fused-ring (bicyclic) bond motifs is 1. The number of ether oxygens (including phenoxy) is 1. The third-order valence-electron chi connectivity index (χ3n) is 4.06. The van der Waals surface area contributed by atoms with Gasteiger partial charge in [-0.05, 0) is 30.9 Å². The van der Waals surface area contributed by atoms with Crippen molar-refractivity contribution in [2.24, 2.45) is 0 Å². The summed E-state index contributed by atoms with van der Waals surface area (Å²) in [5, 5.41) is 2.66. The van der Waals surface area contributed by atoms with Crippen LogP contribution in [0.2, 0.25) is 0 Å². The largest absolute Gasteiger partial charge is 0.368 e. The number of rotatable bonds is 5. The second-order valence-electron chi connectivity index (χ2n) is 5.56. The summed E-state index contributed by atoms with van der Waals surface area (Å²) in [6.45, 7) is 1.18. The molecule has 1 atom stereocenters. The lowest BCUT2D eigenvalue weighted by Gasteiger charge is -2.20. The molecule has 2 aliphatic rings. The van der Waals surface area contributed by atoms with Crippen molar-refractivity contribution in [3.8, 4) is 0 Å². The first kappa shape index (κ1) is 15.3. The molecule has 22 heavy (non-hydrogen) atoms. The smallest absolute Gasteiger partial charge is 0.249 e. The van der Waals surface area contributed by atoms with Gasteiger partial charge in [-0.2, -0.15) is 0 Å². The topological polar surface area (TPSA) is 75.7 Å². The van der Waals surface area contributed by atoms with Gasteiger partial charge in [-0.25, -0.2) is 8.42 Å². The van der Waals surface area contributed by atoms with E-state index in [-0.39, 0.29) is 18.2 Å². The summed E-state index contributed by atoms with van der Waals surface area (Å²) in [5.41, 5.74) is 1.81. The van der Waals surface area contributed by atoms with Crippen molar-refractivity contribution in [1.82, 2.24) is 5.32 Å². The summed E-state index contributed by atoms with van der Waals surface area (Å²) >= 11 is 0. The Morgan fingerprint density at radius 2 is 2.18 bits per heavy atom. The summed E-state index contributed by atoms with van der Waals surface area (Å²) in [6.07, 6.45) is 1.90. The lowest BCUT2D eigenvalue weighted by Crippen LogP contribution is -2.40. The molecule has 1 saturated heterocycles. The molecule has 0 aliphatic carbocycles. The van der Waals surface area contributed by atoms with E-state index in [9.17, 15) is 13.2 Å². The van der Waals surface area contributed by atoms with Crippen LogP contribution in [-0.4, -0.2) is 45.9 Å². The van der Waals surface area contributed by atoms with Crippen LogP contribution in [0.5, 0.6) is 0 Å². The van der Waals surface area contributed by atoms with Crippen molar-refractivity contribution in [1.29, 1.82) is 0 Å². The fourth-order valence-corrected chi connectivity index (χ4v) is 4.34. The maximum absolute atomic E-state index is 12.4. The van der Waals surface area contributed by atoms with Gasteiger partial charge in [-0.3, -0.25) is 9.10 Å². The number of carbonyl (C=O) groups is 1. The number of anilines is 1. The molecule has 120 valence electrons. The van der Waals surface area contributed by atoms with Gasteiger partial charge in [0.2, 0.25) is 15.9 Å². The Morgan fingerprint density at radius 3 is 2.95 bits per heavy atom. The van der Waals surface area contributed by atoms with Crippen molar-refractivity contribution < 1.29 is 17.9 Å². The number of hydrogen-bond acceptors (Lipinski definition) is 4. The molecule has 0 unspecified atom stereocenters. The first-order valence-corrected chi connectivity index (χ1v) is 9.16. The van der Waals surface area contributed by atoms with Crippen molar-refractivity contribution in [3.63, 3.8) is 0 Å². The average Bonchev–Trinajstić information content (AvgIpc) is 3.16. The standard InChI is InChI=1S/C15H20N2O4S/c18-15(14-6-3-10-21-14)16-8-11-22(19,20)17-9-7-12-4-1-2-5-13(12)17/h1-2,4-5,14H,3,6-11H2,(H,16,18)/t14-/m1/s1. The lowest BCUT2D eigenvalue weighted by molar-refractivity contribution is -0.129. The molecule has 1 amide bonds. The Kier molecular flexibility index (Phi) is 4.35. The van der Waals surface area contributed by atoms with E-state index in [1.54, 1.807) is 0 Å². The van der Waals surface area contributed by atoms with Crippen molar-refractivity contribution >= 4 is 21.6 Å². The molecule has 7 heteroatoms. The summed E-state index contributed by atoms with van der Waals surface area (Å²) in [5.74, 6) is -0.311. The van der Waals surface area contributed by atoms with Gasteiger partial charge >= 0.3 is 0 Å². The molecule has 1 aromatic carbocycles. The van der Waals surface area contributed by atoms with Gasteiger partial charge in [0.1, 0.15) is 6.10 Å². The lowest BCUT2D eigenvalue weighted by atomic mass is 10.2. The van der Waals surface area contributed by atoms with Gasteiger partial charge in [-0.15, -0.1) is 0 Å². The van der Waals surface area contributed by atoms with E-state index in [4.69, 9.17) is 4.74 Å². The quantitative estimate of drug-likeness (QED) is 0.864. The van der Waals surface area contributed by atoms with E-state index < -0.39 is 16.1 Å². The normalized spacial score (nSPS) is 20.9. The molecule has 0 spiro atoms. The molecule has 2 aliphatic heterocycles. The highest BCUT2D eigenvalue weighted by atomic mass is 32.2. The molecule has 0 bridgehead atoms. The van der Waals surface area contributed by atoms with Crippen LogP contribution in [0.4, 0.5) is 5.69 Å². The Balaban J connectivity index is 1.57. The van der Waals surface area contributed by atoms with Crippen LogP contribution in [0.3, 0.4) is 0 Å². The zero-order valence-electron chi connectivity index (χ0n) is 12.3. The molecule has 0 saturated carbocycles. The summed E-state index contributed by atoms with van der Waals surface area (Å²) in [7, 11) is -3.41. The van der Waals surface area contributed by atoms with E-state index in [0.29, 0.717) is 19.6 Å². The van der Waals surface area contributed by atoms with Gasteiger partial charge in [0.15, 0.2) is 0 Å². The molecule has 1 aromatic rings. The highest BCUT2D eigenvalue weighted by Crippen LogP contribution is 2.29. The monoisotopic (exact) mass is 324 g/mol. The zero-order valence-corrected chi connectivity index (χ0v) is 13.1. The molecule has 2 heterocycles. The van der Waals surface area contributed by atoms with Crippen LogP contribution in [0.25, 0.3) is 0 Å². The zero-order chi connectivity index (χ0) is 15.6. The Bertz CT molecular complexity index is 653. The Hall–Kier alpha value is -1.60. The third-order valence-corrected chi connectivity index (χ3v) is 5.83. The van der Waals surface area contributed by atoms with E-state index in [1.807, 2.05) is 24.3 Å². The highest BCUT2D eigenvalue weighted by Gasteiger charge is 2.29. The van der Waals surface area contributed by atoms with Crippen molar-refractivity contribution in [2.45, 2.75) is 25.4 Å². The predicted molar refractivity (Wildman–Crippen MR) is 83.3 cm³/mol. The number of hydrogen-bond donors (Lipinski definition) is 1. The fraction of sp³-hybridized carbons (Fsp3) is 0.533. The van der Waals surface area contributed by atoms with Crippen LogP contribution < -0.4 is 9.62 Å². The Labute approximate surface area is 130 Å². The first-order valence-electron chi connectivity index (χ1n) is 7.55. The maximum atomic E-state index is 12.4. The minimum Gasteiger partial charge on any atom is -0.368 e. The van der Waals surface area contributed by atoms with Crippen molar-refractivity contribution in [2.75, 3.05) is 29.8 Å². The van der Waals surface area contributed by atoms with Gasteiger partial charge in [0, 0.05) is 19.7 Å². The maximum Gasteiger partial charge on any atom is 0.249 e. The number of sulfonamides is 1. The molecular weight excluding hydrogens is 304 g/mol. The van der Waals surface area contributed by atoms with Gasteiger partial charge < -0.3 is 10.1 Å². The van der Waals surface area contributed by atoms with E-state index >= 15 is 0 Å². The summed E-state index contributed by atoms with van der Waals surface area (Å²) < 4.78 is 31.6. The molecular formula is C15H20N2O4S. The molecule has 0 aromatic heterocycles. The first-order chi connectivity index (χ1) is 10.6. The number of carbonyl (C=O) groups excluding carboxylic acids is 1. The number of benzene rings is 1. The van der Waals surface area contributed by atoms with Crippen molar-refractivity contribution in [3.05, 3.63) is 29.8 Å². The number of nitrogens with one attached hydrogen (secondary N) is 1. The van der Waals surface area contributed by atoms with Crippen LogP contribution >= 0.6 is 0 Å². The molecule has 3 rings (SSSR count). The minimum absolute atomic E-state index is 0.0974. The third kappa shape index (κ3) is 3.10. The fourth-order valence-electron chi connectivity index (χ4n) is 2.91. The van der Waals surface area contributed by atoms with Crippen LogP contribution in [0.15, 0.2) is 24.3 Å². The van der Waals surface area contributed by atoms with Gasteiger partial charge in [0.25, 0.3) is 0 Å². The average molecular weight is 324 g/mol. The van der Waals surface area contributed by atoms with Gasteiger partial charge in [-0.1, -0.05) is 18.2 Å². The SMILES string of the molecule is O=C(NCCS(=O)(=O)N1CCc2ccccc21)[C@H]1CCCO1. The number of amides is 1. The van der Waals surface area contributed by atoms with Crippen LogP contribution in [0.1, 0.15) is 18.4 Å². The molecule has 6 nitrogen and oxygen atoms in total. The predicted octanol–water partition coefficient (Wildman–Crippen LogP) is 0.674. The van der Waals surface area contributed by atoms with Crippen LogP contribution in [-0.2, 0) is 26.0 Å². The molecule has 0 radical (unpaired) electrons. The van der Waals surface area contributed by atoms with E-state index in [2.05, 4.69) is 5.32 Å². The molecule has 1 fully saturated rings. The van der Waals surface area contributed by atoms with Crippen LogP contribution in [0, 0.1) is 0 Å². The molecule has 1 N–H and O–H groups in total. The minimum atomic E-state index is -3.41. The second kappa shape index (κ2) is 6.26. The van der Waals surface area contributed by atoms with E-state index in [1.165, 1.54) is 4.31 Å². The summed E-state index contributed by atoms with van der Waals surface area (Å²) in [6, 6.07) is 7.53.